The monoisotopic (exact) mass is 263 g/mol. The number of nitrogens with zero attached hydrogens (tertiary/aromatic N) is 3. The Morgan fingerprint density at radius 3 is 2.72 bits per heavy atom. The molecule has 0 aliphatic heterocycles. The van der Waals surface area contributed by atoms with Crippen LogP contribution in [0.1, 0.15) is 25.8 Å². The molecule has 0 bridgehead atoms. The van der Waals surface area contributed by atoms with Crippen LogP contribution in [0.25, 0.3) is 0 Å². The van der Waals surface area contributed by atoms with Crippen molar-refractivity contribution in [2.45, 2.75) is 26.3 Å². The molecule has 6 heteroatoms. The Balaban J connectivity index is 2.16. The molecule has 2 aromatic heterocycles. The molecule has 0 aliphatic carbocycles. The van der Waals surface area contributed by atoms with E-state index in [1.54, 1.807) is 23.7 Å². The van der Waals surface area contributed by atoms with Crippen molar-refractivity contribution in [3.63, 3.8) is 0 Å². The molecule has 0 unspecified atom stereocenters. The van der Waals surface area contributed by atoms with Gasteiger partial charge in [-0.05, 0) is 20.8 Å². The molecule has 0 radical (unpaired) electrons. The molecule has 2 heterocycles. The maximum Gasteiger partial charge on any atom is 0.147 e. The van der Waals surface area contributed by atoms with Crippen molar-refractivity contribution in [2.24, 2.45) is 0 Å². The second kappa shape index (κ2) is 5.30. The predicted octanol–water partition coefficient (Wildman–Crippen LogP) is 2.71. The summed E-state index contributed by atoms with van der Waals surface area (Å²) in [5.74, 6) is 1.52. The van der Waals surface area contributed by atoms with Crippen molar-refractivity contribution in [3.05, 3.63) is 29.0 Å². The first-order valence-corrected chi connectivity index (χ1v) is 6.74. The Kier molecular flexibility index (Phi) is 3.76. The van der Waals surface area contributed by atoms with Crippen molar-refractivity contribution in [3.8, 4) is 0 Å². The average molecular weight is 263 g/mol. The van der Waals surface area contributed by atoms with Crippen molar-refractivity contribution in [2.75, 3.05) is 17.2 Å². The van der Waals surface area contributed by atoms with Crippen LogP contribution in [0.4, 0.5) is 11.6 Å². The highest BCUT2D eigenvalue weighted by molar-refractivity contribution is 7.09. The smallest absolute Gasteiger partial charge is 0.147 e. The van der Waals surface area contributed by atoms with Crippen LogP contribution >= 0.6 is 11.3 Å². The maximum atomic E-state index is 4.45. The number of nitrogens with one attached hydrogen (secondary N) is 2. The second-order valence-corrected chi connectivity index (χ2v) is 5.30. The fourth-order valence-corrected chi connectivity index (χ4v) is 2.32. The summed E-state index contributed by atoms with van der Waals surface area (Å²) in [7, 11) is 0. The van der Waals surface area contributed by atoms with Gasteiger partial charge in [-0.3, -0.25) is 4.98 Å². The Bertz CT molecular complexity index is 495. The number of aromatic nitrogens is 3. The van der Waals surface area contributed by atoms with Gasteiger partial charge in [0, 0.05) is 18.1 Å². The van der Waals surface area contributed by atoms with Crippen LogP contribution in [-0.2, 0) is 5.54 Å². The van der Waals surface area contributed by atoms with Crippen molar-refractivity contribution >= 4 is 23.0 Å². The first-order valence-electron chi connectivity index (χ1n) is 5.86. The molecule has 0 atom stereocenters. The lowest BCUT2D eigenvalue weighted by Crippen LogP contribution is -2.28. The largest absolute Gasteiger partial charge is 0.369 e. The van der Waals surface area contributed by atoms with Gasteiger partial charge in [-0.2, -0.15) is 0 Å². The Morgan fingerprint density at radius 1 is 1.28 bits per heavy atom. The lowest BCUT2D eigenvalue weighted by atomic mass is 10.1. The van der Waals surface area contributed by atoms with E-state index in [-0.39, 0.29) is 5.54 Å². The number of anilines is 2. The van der Waals surface area contributed by atoms with E-state index in [1.807, 2.05) is 18.5 Å². The SMILES string of the molecule is CCNc1cncc(NC(C)(C)c2nccs2)n1. The lowest BCUT2D eigenvalue weighted by molar-refractivity contribution is 0.600. The van der Waals surface area contributed by atoms with Gasteiger partial charge >= 0.3 is 0 Å². The van der Waals surface area contributed by atoms with Crippen molar-refractivity contribution < 1.29 is 0 Å². The molecule has 0 fully saturated rings. The van der Waals surface area contributed by atoms with Gasteiger partial charge in [-0.15, -0.1) is 11.3 Å². The highest BCUT2D eigenvalue weighted by Gasteiger charge is 2.23. The third-order valence-corrected chi connectivity index (χ3v) is 3.50. The van der Waals surface area contributed by atoms with Crippen molar-refractivity contribution in [1.82, 2.24) is 15.0 Å². The second-order valence-electron chi connectivity index (χ2n) is 4.41. The van der Waals surface area contributed by atoms with Crippen molar-refractivity contribution in [1.29, 1.82) is 0 Å². The molecule has 18 heavy (non-hydrogen) atoms. The molecule has 0 aliphatic rings. The minimum atomic E-state index is -0.256. The van der Waals surface area contributed by atoms with E-state index in [0.29, 0.717) is 0 Å². The standard InChI is InChI=1S/C12H17N5S/c1-4-14-9-7-13-8-10(16-9)17-12(2,3)11-15-5-6-18-11/h5-8H,4H2,1-3H3,(H2,14,16,17). The Labute approximate surface area is 111 Å². The van der Waals surface area contributed by atoms with Crippen LogP contribution in [0, 0.1) is 0 Å². The Hall–Kier alpha value is -1.69. The van der Waals surface area contributed by atoms with Gasteiger partial charge in [-0.25, -0.2) is 9.97 Å². The first-order chi connectivity index (χ1) is 8.62. The molecule has 2 rings (SSSR count). The molecular formula is C12H17N5S. The van der Waals surface area contributed by atoms with E-state index >= 15 is 0 Å². The highest BCUT2D eigenvalue weighted by Crippen LogP contribution is 2.26. The van der Waals surface area contributed by atoms with Crippen LogP contribution in [0.2, 0.25) is 0 Å². The topological polar surface area (TPSA) is 62.7 Å². The summed E-state index contributed by atoms with van der Waals surface area (Å²) < 4.78 is 0. The third kappa shape index (κ3) is 2.95. The summed E-state index contributed by atoms with van der Waals surface area (Å²) in [5.41, 5.74) is -0.256. The van der Waals surface area contributed by atoms with Crippen LogP contribution in [0.3, 0.4) is 0 Å². The Morgan fingerprint density at radius 2 is 2.06 bits per heavy atom. The minimum absolute atomic E-state index is 0.256. The summed E-state index contributed by atoms with van der Waals surface area (Å²) >= 11 is 1.63. The zero-order chi connectivity index (χ0) is 13.0. The number of thiazole rings is 1. The number of hydrogen-bond acceptors (Lipinski definition) is 6. The van der Waals surface area contributed by atoms with Gasteiger partial charge in [0.05, 0.1) is 17.9 Å². The van der Waals surface area contributed by atoms with Crippen LogP contribution in [-0.4, -0.2) is 21.5 Å². The van der Waals surface area contributed by atoms with Gasteiger partial charge in [0.25, 0.3) is 0 Å². The highest BCUT2D eigenvalue weighted by atomic mass is 32.1. The lowest BCUT2D eigenvalue weighted by Gasteiger charge is -2.24. The predicted molar refractivity (Wildman–Crippen MR) is 75.0 cm³/mol. The summed E-state index contributed by atoms with van der Waals surface area (Å²) in [6, 6.07) is 0. The van der Waals surface area contributed by atoms with E-state index in [0.717, 1.165) is 23.2 Å². The molecule has 0 saturated heterocycles. The van der Waals surface area contributed by atoms with Gasteiger partial charge in [-0.1, -0.05) is 0 Å². The third-order valence-electron chi connectivity index (χ3n) is 2.40. The fraction of sp³-hybridized carbons (Fsp3) is 0.417. The van der Waals surface area contributed by atoms with Gasteiger partial charge in [0.2, 0.25) is 0 Å². The first kappa shape index (κ1) is 12.8. The van der Waals surface area contributed by atoms with Crippen LogP contribution in [0.5, 0.6) is 0 Å². The van der Waals surface area contributed by atoms with E-state index in [1.165, 1.54) is 0 Å². The molecule has 5 nitrogen and oxygen atoms in total. The van der Waals surface area contributed by atoms with Crippen LogP contribution < -0.4 is 10.6 Å². The summed E-state index contributed by atoms with van der Waals surface area (Å²) in [4.78, 5) is 12.9. The zero-order valence-corrected chi connectivity index (χ0v) is 11.6. The molecular weight excluding hydrogens is 246 g/mol. The van der Waals surface area contributed by atoms with Gasteiger partial charge in [0.15, 0.2) is 0 Å². The summed E-state index contributed by atoms with van der Waals surface area (Å²) in [5, 5.41) is 9.49. The van der Waals surface area contributed by atoms with E-state index in [2.05, 4.69) is 39.4 Å². The number of hydrogen-bond donors (Lipinski definition) is 2. The molecule has 96 valence electrons. The van der Waals surface area contributed by atoms with E-state index < -0.39 is 0 Å². The normalized spacial score (nSPS) is 11.3. The molecule has 2 N–H and O–H groups in total. The number of rotatable bonds is 5. The molecule has 0 amide bonds. The summed E-state index contributed by atoms with van der Waals surface area (Å²) in [6.07, 6.45) is 5.24. The average Bonchev–Trinajstić information content (AvgIpc) is 2.83. The summed E-state index contributed by atoms with van der Waals surface area (Å²) in [6.45, 7) is 7.01. The van der Waals surface area contributed by atoms with E-state index in [4.69, 9.17) is 0 Å². The zero-order valence-electron chi connectivity index (χ0n) is 10.8. The van der Waals surface area contributed by atoms with Crippen LogP contribution in [0.15, 0.2) is 24.0 Å². The molecule has 2 aromatic rings. The maximum absolute atomic E-state index is 4.45. The quantitative estimate of drug-likeness (QED) is 0.868. The molecule has 0 spiro atoms. The van der Waals surface area contributed by atoms with Gasteiger partial charge < -0.3 is 10.6 Å². The molecule has 0 aromatic carbocycles. The fourth-order valence-electron chi connectivity index (χ4n) is 1.60. The minimum Gasteiger partial charge on any atom is -0.369 e. The molecule has 0 saturated carbocycles. The van der Waals surface area contributed by atoms with Gasteiger partial charge in [0.1, 0.15) is 16.6 Å². The van der Waals surface area contributed by atoms with E-state index in [9.17, 15) is 0 Å².